The lowest BCUT2D eigenvalue weighted by molar-refractivity contribution is 0.146. The largest absolute Gasteiger partial charge is 0.376 e. The first-order chi connectivity index (χ1) is 3.84. The van der Waals surface area contributed by atoms with E-state index in [9.17, 15) is 0 Å². The molecular weight excluding hydrogens is 168 g/mol. The fraction of sp³-hybridized carbons (Fsp3) is 0.667. The third-order valence-electron chi connectivity index (χ3n) is 1.32. The quantitative estimate of drug-likeness (QED) is 0.437. The van der Waals surface area contributed by atoms with E-state index in [-0.39, 0.29) is 0 Å². The van der Waals surface area contributed by atoms with Crippen molar-refractivity contribution in [3.63, 3.8) is 0 Å². The summed E-state index contributed by atoms with van der Waals surface area (Å²) >= 11 is 3.48. The minimum Gasteiger partial charge on any atom is -0.376 e. The lowest BCUT2D eigenvalue weighted by atomic mass is 10.3. The molecule has 0 aromatic carbocycles. The molecule has 0 fully saturated rings. The van der Waals surface area contributed by atoms with Gasteiger partial charge >= 0.3 is 0 Å². The van der Waals surface area contributed by atoms with Crippen LogP contribution in [0.1, 0.15) is 6.42 Å². The SMILES string of the molecule is COC1C=CCC1Br. The highest BCUT2D eigenvalue weighted by Crippen LogP contribution is 2.20. The van der Waals surface area contributed by atoms with E-state index in [2.05, 4.69) is 28.1 Å². The Labute approximate surface area is 57.8 Å². The summed E-state index contributed by atoms with van der Waals surface area (Å²) in [5.41, 5.74) is 0. The zero-order valence-electron chi connectivity index (χ0n) is 4.80. The number of rotatable bonds is 1. The maximum Gasteiger partial charge on any atom is 0.0879 e. The maximum atomic E-state index is 5.09. The summed E-state index contributed by atoms with van der Waals surface area (Å²) in [4.78, 5) is 0.507. The van der Waals surface area contributed by atoms with Crippen molar-refractivity contribution in [2.75, 3.05) is 7.11 Å². The van der Waals surface area contributed by atoms with E-state index < -0.39 is 0 Å². The molecule has 0 heterocycles. The van der Waals surface area contributed by atoms with E-state index in [4.69, 9.17) is 4.74 Å². The van der Waals surface area contributed by atoms with Gasteiger partial charge in [-0.25, -0.2) is 0 Å². The van der Waals surface area contributed by atoms with Crippen LogP contribution in [0.25, 0.3) is 0 Å². The lowest BCUT2D eigenvalue weighted by Gasteiger charge is -2.09. The predicted molar refractivity (Wildman–Crippen MR) is 37.3 cm³/mol. The predicted octanol–water partition coefficient (Wildman–Crippen LogP) is 1.72. The van der Waals surface area contributed by atoms with Crippen molar-refractivity contribution in [3.05, 3.63) is 12.2 Å². The van der Waals surface area contributed by atoms with E-state index in [1.54, 1.807) is 7.11 Å². The molecule has 0 aromatic rings. The van der Waals surface area contributed by atoms with Crippen LogP contribution in [-0.2, 0) is 4.74 Å². The Morgan fingerprint density at radius 1 is 1.75 bits per heavy atom. The van der Waals surface area contributed by atoms with Crippen LogP contribution in [0.4, 0.5) is 0 Å². The van der Waals surface area contributed by atoms with Gasteiger partial charge in [-0.05, 0) is 6.42 Å². The van der Waals surface area contributed by atoms with E-state index in [1.165, 1.54) is 0 Å². The molecule has 0 spiro atoms. The van der Waals surface area contributed by atoms with E-state index in [1.807, 2.05) is 0 Å². The molecule has 0 radical (unpaired) electrons. The summed E-state index contributed by atoms with van der Waals surface area (Å²) in [7, 11) is 1.73. The van der Waals surface area contributed by atoms with Crippen molar-refractivity contribution in [1.29, 1.82) is 0 Å². The zero-order valence-corrected chi connectivity index (χ0v) is 6.39. The molecule has 0 saturated heterocycles. The summed E-state index contributed by atoms with van der Waals surface area (Å²) in [5, 5.41) is 0. The second-order valence-corrected chi connectivity index (χ2v) is 3.06. The van der Waals surface area contributed by atoms with Gasteiger partial charge in [-0.15, -0.1) is 0 Å². The monoisotopic (exact) mass is 176 g/mol. The highest BCUT2D eigenvalue weighted by Gasteiger charge is 2.18. The smallest absolute Gasteiger partial charge is 0.0879 e. The Balaban J connectivity index is 2.41. The van der Waals surface area contributed by atoms with E-state index in [0.717, 1.165) is 6.42 Å². The van der Waals surface area contributed by atoms with Crippen LogP contribution in [0.15, 0.2) is 12.2 Å². The third kappa shape index (κ3) is 1.12. The number of halogens is 1. The van der Waals surface area contributed by atoms with Gasteiger partial charge in [0.2, 0.25) is 0 Å². The van der Waals surface area contributed by atoms with Gasteiger partial charge in [-0.2, -0.15) is 0 Å². The first-order valence-electron chi connectivity index (χ1n) is 2.68. The average Bonchev–Trinajstić information content (AvgIpc) is 2.14. The molecule has 1 aliphatic rings. The Hall–Kier alpha value is 0.180. The van der Waals surface area contributed by atoms with Gasteiger partial charge in [0.15, 0.2) is 0 Å². The van der Waals surface area contributed by atoms with Gasteiger partial charge in [0.1, 0.15) is 0 Å². The highest BCUT2D eigenvalue weighted by atomic mass is 79.9. The van der Waals surface area contributed by atoms with Crippen LogP contribution in [0.3, 0.4) is 0 Å². The number of hydrogen-bond acceptors (Lipinski definition) is 1. The van der Waals surface area contributed by atoms with Crippen molar-refractivity contribution in [2.24, 2.45) is 0 Å². The minimum atomic E-state index is 0.301. The van der Waals surface area contributed by atoms with Crippen molar-refractivity contribution >= 4 is 15.9 Å². The number of methoxy groups -OCH3 is 1. The van der Waals surface area contributed by atoms with Crippen molar-refractivity contribution in [1.82, 2.24) is 0 Å². The molecule has 0 aromatic heterocycles. The molecule has 1 nitrogen and oxygen atoms in total. The molecule has 8 heavy (non-hydrogen) atoms. The second kappa shape index (κ2) is 2.65. The Morgan fingerprint density at radius 3 is 2.75 bits per heavy atom. The van der Waals surface area contributed by atoms with Crippen molar-refractivity contribution < 1.29 is 4.74 Å². The molecule has 0 aliphatic heterocycles. The fourth-order valence-corrected chi connectivity index (χ4v) is 1.43. The molecule has 0 N–H and O–H groups in total. The standard InChI is InChI=1S/C6H9BrO/c1-8-6-4-2-3-5(6)7/h2,4-6H,3H2,1H3. The number of ether oxygens (including phenoxy) is 1. The average molecular weight is 177 g/mol. The van der Waals surface area contributed by atoms with Crippen LogP contribution in [0.2, 0.25) is 0 Å². The second-order valence-electron chi connectivity index (χ2n) is 1.88. The Bertz CT molecular complexity index is 101. The van der Waals surface area contributed by atoms with Crippen molar-refractivity contribution in [2.45, 2.75) is 17.4 Å². The third-order valence-corrected chi connectivity index (χ3v) is 2.21. The van der Waals surface area contributed by atoms with Crippen LogP contribution in [-0.4, -0.2) is 18.0 Å². The fourth-order valence-electron chi connectivity index (χ4n) is 0.824. The summed E-state index contributed by atoms with van der Waals surface area (Å²) in [6.45, 7) is 0. The first kappa shape index (κ1) is 6.30. The van der Waals surface area contributed by atoms with Crippen LogP contribution in [0.5, 0.6) is 0 Å². The number of alkyl halides is 1. The number of hydrogen-bond donors (Lipinski definition) is 0. The van der Waals surface area contributed by atoms with Gasteiger partial charge in [-0.1, -0.05) is 28.1 Å². The van der Waals surface area contributed by atoms with Gasteiger partial charge in [0, 0.05) is 11.9 Å². The summed E-state index contributed by atoms with van der Waals surface area (Å²) in [6, 6.07) is 0. The highest BCUT2D eigenvalue weighted by molar-refractivity contribution is 9.09. The van der Waals surface area contributed by atoms with Gasteiger partial charge in [0.25, 0.3) is 0 Å². The lowest BCUT2D eigenvalue weighted by Crippen LogP contribution is -2.14. The van der Waals surface area contributed by atoms with Crippen LogP contribution < -0.4 is 0 Å². The topological polar surface area (TPSA) is 9.23 Å². The summed E-state index contributed by atoms with van der Waals surface area (Å²) < 4.78 is 5.09. The molecule has 2 unspecified atom stereocenters. The van der Waals surface area contributed by atoms with Crippen LogP contribution >= 0.6 is 15.9 Å². The van der Waals surface area contributed by atoms with E-state index in [0.29, 0.717) is 10.9 Å². The maximum absolute atomic E-state index is 5.09. The van der Waals surface area contributed by atoms with Crippen molar-refractivity contribution in [3.8, 4) is 0 Å². The van der Waals surface area contributed by atoms with E-state index >= 15 is 0 Å². The van der Waals surface area contributed by atoms with Gasteiger partial charge in [-0.3, -0.25) is 0 Å². The Kier molecular flexibility index (Phi) is 2.08. The molecular formula is C6H9BrO. The molecule has 0 saturated carbocycles. The zero-order chi connectivity index (χ0) is 5.98. The molecule has 0 amide bonds. The number of allylic oxidation sites excluding steroid dienone is 1. The molecule has 0 bridgehead atoms. The molecule has 2 heteroatoms. The minimum absolute atomic E-state index is 0.301. The van der Waals surface area contributed by atoms with Gasteiger partial charge < -0.3 is 4.74 Å². The normalized spacial score (nSPS) is 36.2. The molecule has 1 rings (SSSR count). The summed E-state index contributed by atoms with van der Waals surface area (Å²) in [5.74, 6) is 0. The molecule has 1 aliphatic carbocycles. The molecule has 46 valence electrons. The van der Waals surface area contributed by atoms with Crippen LogP contribution in [0, 0.1) is 0 Å². The Morgan fingerprint density at radius 2 is 2.50 bits per heavy atom. The molecule has 2 atom stereocenters. The summed E-state index contributed by atoms with van der Waals surface area (Å²) in [6.07, 6.45) is 5.61. The first-order valence-corrected chi connectivity index (χ1v) is 3.59. The van der Waals surface area contributed by atoms with Gasteiger partial charge in [0.05, 0.1) is 6.10 Å².